The molecule has 6 heteroatoms. The Labute approximate surface area is 152 Å². The molecule has 0 fully saturated rings. The number of nitrogens with two attached hydrogens (primary N) is 1. The first-order valence-corrected chi connectivity index (χ1v) is 8.97. The number of aryl methyl sites for hydroxylation is 2. The number of anilines is 1. The third-order valence-corrected chi connectivity index (χ3v) is 4.82. The van der Waals surface area contributed by atoms with Gasteiger partial charge in [0.15, 0.2) is 13.1 Å². The number of hydrogen-bond acceptors (Lipinski definition) is 3. The molecule has 0 aromatic heterocycles. The molecule has 0 spiro atoms. The van der Waals surface area contributed by atoms with Gasteiger partial charge in [-0.1, -0.05) is 23.9 Å². The van der Waals surface area contributed by atoms with E-state index in [0.717, 1.165) is 10.6 Å². The fraction of sp³-hybridized carbons (Fsp3) is 0.263. The van der Waals surface area contributed by atoms with Gasteiger partial charge >= 0.3 is 0 Å². The van der Waals surface area contributed by atoms with E-state index in [4.69, 9.17) is 0 Å². The minimum Gasteiger partial charge on any atom is -0.354 e. The lowest BCUT2D eigenvalue weighted by atomic mass is 10.2. The number of benzene rings is 2. The van der Waals surface area contributed by atoms with Crippen molar-refractivity contribution in [3.05, 3.63) is 53.6 Å². The number of nitrogens with one attached hydrogen (secondary N) is 2. The molecule has 0 unspecified atom stereocenters. The van der Waals surface area contributed by atoms with Crippen LogP contribution < -0.4 is 16.0 Å². The van der Waals surface area contributed by atoms with Crippen molar-refractivity contribution in [1.82, 2.24) is 5.32 Å². The summed E-state index contributed by atoms with van der Waals surface area (Å²) in [5.41, 5.74) is 3.24. The maximum atomic E-state index is 11.9. The average molecular weight is 358 g/mol. The summed E-state index contributed by atoms with van der Waals surface area (Å²) >= 11 is 1.71. The van der Waals surface area contributed by atoms with Crippen LogP contribution in [0.3, 0.4) is 0 Å². The standard InChI is InChI=1S/C19H23N3O2S/c1-13-4-5-14(2)17(10-13)25-16-8-6-15(7-9-16)22-19(24)12-21-11-18(23)20-3/h4-10,21H,11-12H2,1-3H3,(H,20,23)(H,22,24)/p+1. The molecule has 0 radical (unpaired) electrons. The molecule has 5 nitrogen and oxygen atoms in total. The lowest BCUT2D eigenvalue weighted by Gasteiger charge is -2.08. The van der Waals surface area contributed by atoms with Gasteiger partial charge in [-0.25, -0.2) is 0 Å². The average Bonchev–Trinajstić information content (AvgIpc) is 2.59. The molecule has 25 heavy (non-hydrogen) atoms. The van der Waals surface area contributed by atoms with Crippen LogP contribution in [0.25, 0.3) is 0 Å². The summed E-state index contributed by atoms with van der Waals surface area (Å²) in [7, 11) is 1.58. The Balaban J connectivity index is 1.88. The van der Waals surface area contributed by atoms with E-state index in [1.807, 2.05) is 24.3 Å². The van der Waals surface area contributed by atoms with Crippen molar-refractivity contribution in [3.8, 4) is 0 Å². The van der Waals surface area contributed by atoms with Gasteiger partial charge in [-0.15, -0.1) is 0 Å². The van der Waals surface area contributed by atoms with Gasteiger partial charge < -0.3 is 16.0 Å². The molecule has 132 valence electrons. The van der Waals surface area contributed by atoms with Crippen molar-refractivity contribution in [2.24, 2.45) is 0 Å². The van der Waals surface area contributed by atoms with E-state index >= 15 is 0 Å². The second kappa shape index (κ2) is 9.25. The minimum atomic E-state index is -0.126. The highest BCUT2D eigenvalue weighted by molar-refractivity contribution is 7.99. The topological polar surface area (TPSA) is 74.8 Å². The third-order valence-electron chi connectivity index (χ3n) is 3.65. The Morgan fingerprint density at radius 3 is 2.36 bits per heavy atom. The van der Waals surface area contributed by atoms with Crippen molar-refractivity contribution in [2.45, 2.75) is 23.6 Å². The quantitative estimate of drug-likeness (QED) is 0.705. The van der Waals surface area contributed by atoms with Gasteiger partial charge in [-0.3, -0.25) is 9.59 Å². The zero-order valence-corrected chi connectivity index (χ0v) is 15.6. The monoisotopic (exact) mass is 358 g/mol. The SMILES string of the molecule is CNC(=O)C[NH2+]CC(=O)Nc1ccc(Sc2cc(C)ccc2C)cc1. The van der Waals surface area contributed by atoms with Crippen LogP contribution in [0.2, 0.25) is 0 Å². The summed E-state index contributed by atoms with van der Waals surface area (Å²) in [6, 6.07) is 14.2. The summed E-state index contributed by atoms with van der Waals surface area (Å²) in [6.45, 7) is 4.65. The summed E-state index contributed by atoms with van der Waals surface area (Å²) < 4.78 is 0. The molecule has 4 N–H and O–H groups in total. The van der Waals surface area contributed by atoms with E-state index in [1.165, 1.54) is 16.0 Å². The number of hydrogen-bond donors (Lipinski definition) is 3. The Hall–Kier alpha value is -2.31. The first-order valence-electron chi connectivity index (χ1n) is 8.15. The van der Waals surface area contributed by atoms with Crippen molar-refractivity contribution in [2.75, 3.05) is 25.5 Å². The van der Waals surface area contributed by atoms with E-state index in [9.17, 15) is 9.59 Å². The highest BCUT2D eigenvalue weighted by Crippen LogP contribution is 2.31. The van der Waals surface area contributed by atoms with Crippen LogP contribution in [0.4, 0.5) is 5.69 Å². The molecular formula is C19H24N3O2S+. The first kappa shape index (κ1) is 19.0. The molecule has 0 saturated heterocycles. The largest absolute Gasteiger partial charge is 0.354 e. The van der Waals surface area contributed by atoms with Gasteiger partial charge in [-0.2, -0.15) is 0 Å². The zero-order chi connectivity index (χ0) is 18.2. The lowest BCUT2D eigenvalue weighted by Crippen LogP contribution is -2.88. The van der Waals surface area contributed by atoms with Gasteiger partial charge in [0.1, 0.15) is 0 Å². The Kier molecular flexibility index (Phi) is 7.03. The smallest absolute Gasteiger partial charge is 0.279 e. The molecule has 2 aromatic rings. The van der Waals surface area contributed by atoms with Gasteiger partial charge in [0.25, 0.3) is 11.8 Å². The fourth-order valence-electron chi connectivity index (χ4n) is 2.20. The van der Waals surface area contributed by atoms with Crippen LogP contribution >= 0.6 is 11.8 Å². The fourth-order valence-corrected chi connectivity index (χ4v) is 3.20. The van der Waals surface area contributed by atoms with Crippen LogP contribution in [0.5, 0.6) is 0 Å². The van der Waals surface area contributed by atoms with Gasteiger partial charge in [0.2, 0.25) is 0 Å². The predicted molar refractivity (Wildman–Crippen MR) is 101 cm³/mol. The molecular weight excluding hydrogens is 334 g/mol. The van der Waals surface area contributed by atoms with Crippen LogP contribution in [0.1, 0.15) is 11.1 Å². The minimum absolute atomic E-state index is 0.0966. The number of rotatable bonds is 7. The van der Waals surface area contributed by atoms with E-state index in [-0.39, 0.29) is 24.9 Å². The number of carbonyl (C=O) groups is 2. The normalized spacial score (nSPS) is 10.4. The number of amides is 2. The number of likely N-dealkylation sites (N-methyl/N-ethyl adjacent to an activating group) is 1. The maximum absolute atomic E-state index is 11.9. The number of quaternary nitrogens is 1. The molecule has 0 atom stereocenters. The van der Waals surface area contributed by atoms with E-state index in [0.29, 0.717) is 0 Å². The lowest BCUT2D eigenvalue weighted by molar-refractivity contribution is -0.632. The molecule has 2 amide bonds. The molecule has 0 saturated carbocycles. The van der Waals surface area contributed by atoms with Crippen molar-refractivity contribution < 1.29 is 14.9 Å². The summed E-state index contributed by atoms with van der Waals surface area (Å²) in [6.07, 6.45) is 0. The van der Waals surface area contributed by atoms with Gasteiger partial charge in [0.05, 0.1) is 0 Å². The van der Waals surface area contributed by atoms with Gasteiger partial charge in [-0.05, 0) is 55.3 Å². The summed E-state index contributed by atoms with van der Waals surface area (Å²) in [5, 5.41) is 7.02. The Morgan fingerprint density at radius 1 is 1.00 bits per heavy atom. The Morgan fingerprint density at radius 2 is 1.68 bits per heavy atom. The molecule has 2 rings (SSSR count). The first-order chi connectivity index (χ1) is 12.0. The van der Waals surface area contributed by atoms with E-state index in [2.05, 4.69) is 42.7 Å². The molecule has 0 aliphatic carbocycles. The van der Waals surface area contributed by atoms with Crippen molar-refractivity contribution in [1.29, 1.82) is 0 Å². The van der Waals surface area contributed by atoms with E-state index < -0.39 is 0 Å². The highest BCUT2D eigenvalue weighted by atomic mass is 32.2. The van der Waals surface area contributed by atoms with Crippen molar-refractivity contribution in [3.63, 3.8) is 0 Å². The highest BCUT2D eigenvalue weighted by Gasteiger charge is 2.07. The molecule has 0 aliphatic rings. The van der Waals surface area contributed by atoms with Crippen LogP contribution in [-0.2, 0) is 9.59 Å². The molecule has 0 aliphatic heterocycles. The molecule has 0 heterocycles. The van der Waals surface area contributed by atoms with E-state index in [1.54, 1.807) is 24.1 Å². The van der Waals surface area contributed by atoms with Crippen LogP contribution in [-0.4, -0.2) is 32.0 Å². The Bertz CT molecular complexity index is 745. The zero-order valence-electron chi connectivity index (χ0n) is 14.8. The van der Waals surface area contributed by atoms with Crippen molar-refractivity contribution >= 4 is 29.3 Å². The second-order valence-corrected chi connectivity index (χ2v) is 6.93. The van der Waals surface area contributed by atoms with Crippen LogP contribution in [0, 0.1) is 13.8 Å². The van der Waals surface area contributed by atoms with Crippen LogP contribution in [0.15, 0.2) is 52.3 Å². The summed E-state index contributed by atoms with van der Waals surface area (Å²) in [4.78, 5) is 25.3. The third kappa shape index (κ3) is 6.25. The maximum Gasteiger partial charge on any atom is 0.279 e. The second-order valence-electron chi connectivity index (χ2n) is 5.81. The predicted octanol–water partition coefficient (Wildman–Crippen LogP) is 1.70. The molecule has 2 aromatic carbocycles. The molecule has 0 bridgehead atoms. The number of carbonyl (C=O) groups excluding carboxylic acids is 2. The summed E-state index contributed by atoms with van der Waals surface area (Å²) in [5.74, 6) is -0.223. The van der Waals surface area contributed by atoms with Gasteiger partial charge in [0, 0.05) is 22.5 Å².